The summed E-state index contributed by atoms with van der Waals surface area (Å²) in [5.41, 5.74) is 2.55. The van der Waals surface area contributed by atoms with Gasteiger partial charge in [0, 0.05) is 6.54 Å². The predicted octanol–water partition coefficient (Wildman–Crippen LogP) is 2.98. The van der Waals surface area contributed by atoms with E-state index in [1.54, 1.807) is 10.7 Å². The smallest absolute Gasteiger partial charge is 0.137 e. The summed E-state index contributed by atoms with van der Waals surface area (Å²) >= 11 is 3.20. The molecular weight excluding hydrogens is 323 g/mol. The van der Waals surface area contributed by atoms with Crippen molar-refractivity contribution in [3.05, 3.63) is 39.9 Å². The van der Waals surface area contributed by atoms with Crippen molar-refractivity contribution in [3.63, 3.8) is 0 Å². The molecule has 2 aromatic rings. The van der Waals surface area contributed by atoms with E-state index in [0.717, 1.165) is 36.0 Å². The number of hydrogen-bond acceptors (Lipinski definition) is 3. The highest BCUT2D eigenvalue weighted by Gasteiger charge is 2.20. The molecule has 4 nitrogen and oxygen atoms in total. The summed E-state index contributed by atoms with van der Waals surface area (Å²) in [5, 5.41) is 11.6. The molecule has 0 bridgehead atoms. The molecule has 1 fully saturated rings. The molecule has 3 rings (SSSR count). The van der Waals surface area contributed by atoms with Crippen LogP contribution in [0.2, 0.25) is 0 Å². The van der Waals surface area contributed by atoms with E-state index in [2.05, 4.69) is 31.6 Å². The molecule has 0 radical (unpaired) electrons. The standard InChI is InChI=1S/C14H16BrFN4/c1-9-4-13(16)12(15)5-14(9)20-8-11(18-19-20)7-17-6-10-2-3-10/h4-5,8,10,17H,2-3,6-7H2,1H3. The molecule has 1 N–H and O–H groups in total. The van der Waals surface area contributed by atoms with Gasteiger partial charge < -0.3 is 5.32 Å². The van der Waals surface area contributed by atoms with E-state index in [9.17, 15) is 4.39 Å². The highest BCUT2D eigenvalue weighted by Crippen LogP contribution is 2.27. The molecular formula is C14H16BrFN4. The molecule has 0 unspecified atom stereocenters. The van der Waals surface area contributed by atoms with Crippen molar-refractivity contribution < 1.29 is 4.39 Å². The fourth-order valence-electron chi connectivity index (χ4n) is 2.11. The summed E-state index contributed by atoms with van der Waals surface area (Å²) in [7, 11) is 0. The Morgan fingerprint density at radius 2 is 2.25 bits per heavy atom. The van der Waals surface area contributed by atoms with Crippen LogP contribution in [0, 0.1) is 18.7 Å². The van der Waals surface area contributed by atoms with E-state index in [1.165, 1.54) is 18.9 Å². The molecule has 1 saturated carbocycles. The molecule has 1 heterocycles. The van der Waals surface area contributed by atoms with E-state index in [0.29, 0.717) is 4.47 Å². The molecule has 1 aromatic heterocycles. The topological polar surface area (TPSA) is 42.7 Å². The lowest BCUT2D eigenvalue weighted by molar-refractivity contribution is 0.618. The molecule has 0 atom stereocenters. The lowest BCUT2D eigenvalue weighted by Crippen LogP contribution is -2.16. The SMILES string of the molecule is Cc1cc(F)c(Br)cc1-n1cc(CNCC2CC2)nn1. The maximum Gasteiger partial charge on any atom is 0.137 e. The Hall–Kier alpha value is -1.27. The van der Waals surface area contributed by atoms with Gasteiger partial charge in [0.25, 0.3) is 0 Å². The van der Waals surface area contributed by atoms with Crippen molar-refractivity contribution in [2.45, 2.75) is 26.3 Å². The summed E-state index contributed by atoms with van der Waals surface area (Å²) in [6.45, 7) is 3.63. The summed E-state index contributed by atoms with van der Waals surface area (Å²) < 4.78 is 15.5. The number of nitrogens with one attached hydrogen (secondary N) is 1. The minimum absolute atomic E-state index is 0.266. The van der Waals surface area contributed by atoms with Crippen LogP contribution in [0.3, 0.4) is 0 Å². The van der Waals surface area contributed by atoms with Crippen LogP contribution in [0.1, 0.15) is 24.1 Å². The Morgan fingerprint density at radius 3 is 3.00 bits per heavy atom. The van der Waals surface area contributed by atoms with Crippen LogP contribution in [0.25, 0.3) is 5.69 Å². The summed E-state index contributed by atoms with van der Waals surface area (Å²) in [5.74, 6) is 0.582. The average molecular weight is 339 g/mol. The third-order valence-electron chi connectivity index (χ3n) is 3.46. The van der Waals surface area contributed by atoms with Crippen LogP contribution in [-0.4, -0.2) is 21.5 Å². The molecule has 1 aliphatic carbocycles. The molecule has 106 valence electrons. The van der Waals surface area contributed by atoms with Crippen LogP contribution in [0.15, 0.2) is 22.8 Å². The number of benzene rings is 1. The third kappa shape index (κ3) is 3.07. The highest BCUT2D eigenvalue weighted by molar-refractivity contribution is 9.10. The first-order valence-corrected chi connectivity index (χ1v) is 7.51. The van der Waals surface area contributed by atoms with Gasteiger partial charge >= 0.3 is 0 Å². The van der Waals surface area contributed by atoms with E-state index < -0.39 is 0 Å². The number of halogens is 2. The fraction of sp³-hybridized carbons (Fsp3) is 0.429. The molecule has 0 spiro atoms. The predicted molar refractivity (Wildman–Crippen MR) is 78.2 cm³/mol. The van der Waals surface area contributed by atoms with Crippen molar-refractivity contribution in [1.29, 1.82) is 0 Å². The molecule has 6 heteroatoms. The van der Waals surface area contributed by atoms with Crippen molar-refractivity contribution in [2.75, 3.05) is 6.54 Å². The zero-order chi connectivity index (χ0) is 14.1. The zero-order valence-corrected chi connectivity index (χ0v) is 12.8. The maximum absolute atomic E-state index is 13.4. The fourth-order valence-corrected chi connectivity index (χ4v) is 2.44. The molecule has 20 heavy (non-hydrogen) atoms. The van der Waals surface area contributed by atoms with E-state index in [1.807, 2.05) is 13.1 Å². The van der Waals surface area contributed by atoms with Crippen LogP contribution in [0.5, 0.6) is 0 Å². The Bertz CT molecular complexity index is 622. The minimum atomic E-state index is -0.266. The van der Waals surface area contributed by atoms with Gasteiger partial charge in [0.15, 0.2) is 0 Å². The second-order valence-corrected chi connectivity index (χ2v) is 6.14. The maximum atomic E-state index is 13.4. The summed E-state index contributed by atoms with van der Waals surface area (Å²) in [4.78, 5) is 0. The molecule has 1 aliphatic rings. The summed E-state index contributed by atoms with van der Waals surface area (Å²) in [6, 6.07) is 3.22. The van der Waals surface area contributed by atoms with Gasteiger partial charge in [-0.05, 0) is 65.9 Å². The second-order valence-electron chi connectivity index (χ2n) is 5.28. The number of nitrogens with zero attached hydrogens (tertiary/aromatic N) is 3. The van der Waals surface area contributed by atoms with Crippen LogP contribution in [0.4, 0.5) is 4.39 Å². The Labute approximate surface area is 125 Å². The third-order valence-corrected chi connectivity index (χ3v) is 4.07. The number of rotatable bonds is 5. The molecule has 0 amide bonds. The van der Waals surface area contributed by atoms with Gasteiger partial charge in [0.2, 0.25) is 0 Å². The lowest BCUT2D eigenvalue weighted by atomic mass is 10.2. The first kappa shape index (κ1) is 13.7. The van der Waals surface area contributed by atoms with Crippen LogP contribution < -0.4 is 5.32 Å². The monoisotopic (exact) mass is 338 g/mol. The quantitative estimate of drug-likeness (QED) is 0.911. The van der Waals surface area contributed by atoms with Gasteiger partial charge in [0.05, 0.1) is 22.1 Å². The average Bonchev–Trinajstić information content (AvgIpc) is 3.11. The number of hydrogen-bond donors (Lipinski definition) is 1. The first-order valence-electron chi connectivity index (χ1n) is 6.71. The van der Waals surface area contributed by atoms with E-state index in [4.69, 9.17) is 0 Å². The molecule has 1 aromatic carbocycles. The largest absolute Gasteiger partial charge is 0.311 e. The first-order chi connectivity index (χ1) is 9.63. The number of aromatic nitrogens is 3. The van der Waals surface area contributed by atoms with Gasteiger partial charge in [0.1, 0.15) is 5.82 Å². The van der Waals surface area contributed by atoms with Gasteiger partial charge in [-0.1, -0.05) is 5.21 Å². The van der Waals surface area contributed by atoms with Gasteiger partial charge in [-0.3, -0.25) is 0 Å². The van der Waals surface area contributed by atoms with Crippen molar-refractivity contribution in [3.8, 4) is 5.69 Å². The van der Waals surface area contributed by atoms with Crippen molar-refractivity contribution in [2.24, 2.45) is 5.92 Å². The van der Waals surface area contributed by atoms with Crippen molar-refractivity contribution in [1.82, 2.24) is 20.3 Å². The normalized spacial score (nSPS) is 14.8. The Kier molecular flexibility index (Phi) is 3.85. The lowest BCUT2D eigenvalue weighted by Gasteiger charge is -2.06. The van der Waals surface area contributed by atoms with E-state index >= 15 is 0 Å². The molecule has 0 saturated heterocycles. The minimum Gasteiger partial charge on any atom is -0.311 e. The molecule has 0 aliphatic heterocycles. The highest BCUT2D eigenvalue weighted by atomic mass is 79.9. The van der Waals surface area contributed by atoms with Crippen molar-refractivity contribution >= 4 is 15.9 Å². The van der Waals surface area contributed by atoms with Crippen LogP contribution in [-0.2, 0) is 6.54 Å². The zero-order valence-electron chi connectivity index (χ0n) is 11.2. The second kappa shape index (κ2) is 5.61. The Balaban J connectivity index is 1.73. The Morgan fingerprint density at radius 1 is 1.45 bits per heavy atom. The van der Waals surface area contributed by atoms with E-state index in [-0.39, 0.29) is 5.82 Å². The summed E-state index contributed by atoms with van der Waals surface area (Å²) in [6.07, 6.45) is 4.55. The van der Waals surface area contributed by atoms with Gasteiger partial charge in [-0.2, -0.15) is 0 Å². The number of aryl methyl sites for hydroxylation is 1. The van der Waals surface area contributed by atoms with Crippen LogP contribution >= 0.6 is 15.9 Å². The van der Waals surface area contributed by atoms with Gasteiger partial charge in [-0.15, -0.1) is 5.10 Å². The van der Waals surface area contributed by atoms with Gasteiger partial charge in [-0.25, -0.2) is 9.07 Å².